The van der Waals surface area contributed by atoms with Crippen LogP contribution in [0.2, 0.25) is 0 Å². The Morgan fingerprint density at radius 3 is 2.83 bits per heavy atom. The summed E-state index contributed by atoms with van der Waals surface area (Å²) in [5.41, 5.74) is 4.12. The first kappa shape index (κ1) is 11.5. The second-order valence-corrected chi connectivity index (χ2v) is 5.60. The molecule has 5 nitrogen and oxygen atoms in total. The van der Waals surface area contributed by atoms with Gasteiger partial charge < -0.3 is 15.3 Å². The summed E-state index contributed by atoms with van der Waals surface area (Å²) in [5, 5.41) is 3.30. The van der Waals surface area contributed by atoms with Gasteiger partial charge in [0.2, 0.25) is 0 Å². The topological polar surface area (TPSA) is 73.6 Å². The number of aromatic amines is 2. The molecule has 0 spiro atoms. The highest BCUT2D eigenvalue weighted by Gasteiger charge is 2.05. The molecule has 1 aromatic carbocycles. The zero-order valence-electron chi connectivity index (χ0n) is 9.16. The van der Waals surface area contributed by atoms with E-state index in [-0.39, 0.29) is 5.69 Å². The van der Waals surface area contributed by atoms with Crippen LogP contribution in [-0.4, -0.2) is 15.0 Å². The number of hydrogen-bond acceptors (Lipinski definition) is 4. The number of imidazole rings is 1. The lowest BCUT2D eigenvalue weighted by molar-refractivity contribution is 1.17. The van der Waals surface area contributed by atoms with Gasteiger partial charge in [-0.05, 0) is 28.1 Å². The first-order valence-electron chi connectivity index (χ1n) is 5.25. The van der Waals surface area contributed by atoms with Crippen molar-refractivity contribution < 1.29 is 0 Å². The van der Waals surface area contributed by atoms with Gasteiger partial charge in [0, 0.05) is 15.5 Å². The van der Waals surface area contributed by atoms with E-state index in [9.17, 15) is 4.79 Å². The van der Waals surface area contributed by atoms with Crippen molar-refractivity contribution >= 4 is 44.0 Å². The van der Waals surface area contributed by atoms with Crippen LogP contribution < -0.4 is 11.0 Å². The summed E-state index contributed by atoms with van der Waals surface area (Å²) in [4.78, 5) is 21.8. The maximum atomic E-state index is 11.2. The number of nitrogens with zero attached hydrogens (tertiary/aromatic N) is 1. The Morgan fingerprint density at radius 2 is 2.11 bits per heavy atom. The standard InChI is InChI=1S/C11H9BrN4OS/c12-7-1-9-10(16-11(17)15-9)2-8(7)14-4-6-3-13-5-18-6/h1-3,5,14H,4H2,(H2,15,16,17). The van der Waals surface area contributed by atoms with Crippen LogP contribution in [-0.2, 0) is 6.54 Å². The Bertz CT molecular complexity index is 731. The SMILES string of the molecule is O=c1[nH]c2cc(Br)c(NCc3cncs3)cc2[nH]1. The number of benzene rings is 1. The van der Waals surface area contributed by atoms with Gasteiger partial charge in [0.25, 0.3) is 0 Å². The molecule has 0 aliphatic carbocycles. The minimum atomic E-state index is -0.198. The lowest BCUT2D eigenvalue weighted by Gasteiger charge is -2.07. The summed E-state index contributed by atoms with van der Waals surface area (Å²) < 4.78 is 0.912. The first-order valence-corrected chi connectivity index (χ1v) is 6.92. The summed E-state index contributed by atoms with van der Waals surface area (Å²) >= 11 is 5.08. The molecule has 0 aliphatic rings. The number of hydrogen-bond donors (Lipinski definition) is 3. The molecule has 3 aromatic rings. The van der Waals surface area contributed by atoms with Crippen LogP contribution in [0.3, 0.4) is 0 Å². The fraction of sp³-hybridized carbons (Fsp3) is 0.0909. The molecule has 0 fully saturated rings. The molecular formula is C11H9BrN4OS. The van der Waals surface area contributed by atoms with Crippen molar-refractivity contribution in [3.63, 3.8) is 0 Å². The minimum absolute atomic E-state index is 0.198. The van der Waals surface area contributed by atoms with E-state index in [2.05, 4.69) is 36.2 Å². The van der Waals surface area contributed by atoms with Crippen LogP contribution in [0.4, 0.5) is 5.69 Å². The van der Waals surface area contributed by atoms with Gasteiger partial charge in [0.1, 0.15) is 0 Å². The van der Waals surface area contributed by atoms with E-state index in [0.717, 1.165) is 26.1 Å². The summed E-state index contributed by atoms with van der Waals surface area (Å²) in [7, 11) is 0. The third-order valence-electron chi connectivity index (χ3n) is 2.54. The molecule has 0 amide bonds. The second kappa shape index (κ2) is 4.58. The monoisotopic (exact) mass is 324 g/mol. The Morgan fingerprint density at radius 1 is 1.33 bits per heavy atom. The van der Waals surface area contributed by atoms with Gasteiger partial charge in [-0.1, -0.05) is 0 Å². The molecule has 0 saturated heterocycles. The van der Waals surface area contributed by atoms with Crippen LogP contribution >= 0.6 is 27.3 Å². The number of fused-ring (bicyclic) bond motifs is 1. The highest BCUT2D eigenvalue weighted by molar-refractivity contribution is 9.10. The van der Waals surface area contributed by atoms with Gasteiger partial charge in [-0.2, -0.15) is 0 Å². The fourth-order valence-corrected chi connectivity index (χ4v) is 2.72. The molecule has 2 aromatic heterocycles. The largest absolute Gasteiger partial charge is 0.379 e. The van der Waals surface area contributed by atoms with Crippen LogP contribution in [0.15, 0.2) is 33.1 Å². The number of H-pyrrole nitrogens is 2. The molecule has 3 N–H and O–H groups in total. The predicted octanol–water partition coefficient (Wildman–Crippen LogP) is 2.69. The van der Waals surface area contributed by atoms with E-state index in [0.29, 0.717) is 6.54 Å². The Kier molecular flexibility index (Phi) is 2.92. The molecule has 18 heavy (non-hydrogen) atoms. The van der Waals surface area contributed by atoms with Crippen molar-refractivity contribution in [2.24, 2.45) is 0 Å². The maximum absolute atomic E-state index is 11.2. The molecule has 0 radical (unpaired) electrons. The second-order valence-electron chi connectivity index (χ2n) is 3.78. The van der Waals surface area contributed by atoms with E-state index < -0.39 is 0 Å². The summed E-state index contributed by atoms with van der Waals surface area (Å²) in [6.07, 6.45) is 1.84. The third kappa shape index (κ3) is 2.19. The van der Waals surface area contributed by atoms with Crippen molar-refractivity contribution in [3.05, 3.63) is 43.7 Å². The molecule has 92 valence electrons. The molecule has 0 unspecified atom stereocenters. The Hall–Kier alpha value is -1.60. The molecule has 3 rings (SSSR count). The number of rotatable bonds is 3. The van der Waals surface area contributed by atoms with Gasteiger partial charge in [-0.15, -0.1) is 11.3 Å². The smallest absolute Gasteiger partial charge is 0.323 e. The van der Waals surface area contributed by atoms with Gasteiger partial charge in [0.05, 0.1) is 28.8 Å². The molecule has 0 bridgehead atoms. The zero-order chi connectivity index (χ0) is 12.5. The van der Waals surface area contributed by atoms with Crippen molar-refractivity contribution in [1.29, 1.82) is 0 Å². The van der Waals surface area contributed by atoms with Crippen molar-refractivity contribution in [3.8, 4) is 0 Å². The van der Waals surface area contributed by atoms with E-state index >= 15 is 0 Å². The fourth-order valence-electron chi connectivity index (χ4n) is 1.70. The third-order valence-corrected chi connectivity index (χ3v) is 3.98. The minimum Gasteiger partial charge on any atom is -0.379 e. The number of aromatic nitrogens is 3. The van der Waals surface area contributed by atoms with Gasteiger partial charge in [0.15, 0.2) is 0 Å². The number of anilines is 1. The molecular weight excluding hydrogens is 316 g/mol. The highest BCUT2D eigenvalue weighted by atomic mass is 79.9. The van der Waals surface area contributed by atoms with Crippen molar-refractivity contribution in [1.82, 2.24) is 15.0 Å². The predicted molar refractivity (Wildman–Crippen MR) is 76.1 cm³/mol. The zero-order valence-corrected chi connectivity index (χ0v) is 11.6. The van der Waals surface area contributed by atoms with Crippen molar-refractivity contribution in [2.75, 3.05) is 5.32 Å². The van der Waals surface area contributed by atoms with E-state index in [1.807, 2.05) is 18.3 Å². The molecule has 7 heteroatoms. The Balaban J connectivity index is 1.91. The molecule has 0 saturated carbocycles. The molecule has 2 heterocycles. The lowest BCUT2D eigenvalue weighted by atomic mass is 10.2. The first-order chi connectivity index (χ1) is 8.72. The maximum Gasteiger partial charge on any atom is 0.323 e. The summed E-state index contributed by atoms with van der Waals surface area (Å²) in [6, 6.07) is 3.78. The average molecular weight is 325 g/mol. The number of nitrogens with one attached hydrogen (secondary N) is 3. The van der Waals surface area contributed by atoms with E-state index in [1.54, 1.807) is 16.8 Å². The Labute approximate surface area is 114 Å². The van der Waals surface area contributed by atoms with Crippen LogP contribution in [0.5, 0.6) is 0 Å². The number of thiazole rings is 1. The van der Waals surface area contributed by atoms with E-state index in [4.69, 9.17) is 0 Å². The van der Waals surface area contributed by atoms with Gasteiger partial charge in [-0.3, -0.25) is 4.98 Å². The van der Waals surface area contributed by atoms with E-state index in [1.165, 1.54) is 0 Å². The van der Waals surface area contributed by atoms with Crippen LogP contribution in [0, 0.1) is 0 Å². The van der Waals surface area contributed by atoms with Crippen LogP contribution in [0.1, 0.15) is 4.88 Å². The molecule has 0 atom stereocenters. The number of halogens is 1. The van der Waals surface area contributed by atoms with Gasteiger partial charge in [-0.25, -0.2) is 4.79 Å². The lowest BCUT2D eigenvalue weighted by Crippen LogP contribution is -1.99. The summed E-state index contributed by atoms with van der Waals surface area (Å²) in [6.45, 7) is 0.712. The van der Waals surface area contributed by atoms with Gasteiger partial charge >= 0.3 is 5.69 Å². The summed E-state index contributed by atoms with van der Waals surface area (Å²) in [5.74, 6) is 0. The molecule has 0 aliphatic heterocycles. The van der Waals surface area contributed by atoms with Crippen molar-refractivity contribution in [2.45, 2.75) is 6.54 Å². The normalized spacial score (nSPS) is 10.9. The average Bonchev–Trinajstić information content (AvgIpc) is 2.94. The quantitative estimate of drug-likeness (QED) is 0.693. The highest BCUT2D eigenvalue weighted by Crippen LogP contribution is 2.27. The van der Waals surface area contributed by atoms with Crippen LogP contribution in [0.25, 0.3) is 11.0 Å².